The van der Waals surface area contributed by atoms with Crippen molar-refractivity contribution in [1.82, 2.24) is 0 Å². The van der Waals surface area contributed by atoms with Crippen LogP contribution in [0.5, 0.6) is 0 Å². The zero-order valence-electron chi connectivity index (χ0n) is 21.8. The highest BCUT2D eigenvalue weighted by molar-refractivity contribution is 5.10. The maximum Gasteiger partial charge on any atom is 0.167 e. The van der Waals surface area contributed by atoms with Crippen molar-refractivity contribution in [1.29, 1.82) is 0 Å². The standard InChI is InChI=1S/C29H52O2/c1-20(2)9-8-10-21(3)24-13-14-25-23-12-11-22-19-29(30-6,31-7)18-17-27(22,4)26(23)15-16-28(24,25)5/h20-26H,8-19H2,1-7H3/t21-,22+,23+,24-,25+,26+,27+,28-/m1/s1. The van der Waals surface area contributed by atoms with Crippen LogP contribution in [-0.4, -0.2) is 20.0 Å². The smallest absolute Gasteiger partial charge is 0.167 e. The molecule has 8 atom stereocenters. The summed E-state index contributed by atoms with van der Waals surface area (Å²) in [6, 6.07) is 0. The Morgan fingerprint density at radius 1 is 0.774 bits per heavy atom. The number of hydrogen-bond donors (Lipinski definition) is 0. The van der Waals surface area contributed by atoms with Gasteiger partial charge in [0.2, 0.25) is 0 Å². The summed E-state index contributed by atoms with van der Waals surface area (Å²) in [6.45, 7) is 12.7. The molecule has 0 aliphatic heterocycles. The highest BCUT2D eigenvalue weighted by atomic mass is 16.7. The molecule has 4 aliphatic carbocycles. The third-order valence-electron chi connectivity index (χ3n) is 11.6. The first kappa shape index (κ1) is 24.1. The Morgan fingerprint density at radius 2 is 1.48 bits per heavy atom. The van der Waals surface area contributed by atoms with Gasteiger partial charge in [-0.15, -0.1) is 0 Å². The molecule has 4 rings (SSSR count). The van der Waals surface area contributed by atoms with E-state index in [1.54, 1.807) is 0 Å². The minimum absolute atomic E-state index is 0.315. The molecule has 0 N–H and O–H groups in total. The molecule has 180 valence electrons. The molecule has 2 heteroatoms. The van der Waals surface area contributed by atoms with Crippen LogP contribution in [0.25, 0.3) is 0 Å². The van der Waals surface area contributed by atoms with Gasteiger partial charge in [-0.1, -0.05) is 53.9 Å². The molecule has 0 radical (unpaired) electrons. The van der Waals surface area contributed by atoms with Crippen LogP contribution in [0.3, 0.4) is 0 Å². The summed E-state index contributed by atoms with van der Waals surface area (Å²) in [5.74, 6) is 6.10. The van der Waals surface area contributed by atoms with E-state index in [9.17, 15) is 0 Å². The molecule has 0 bridgehead atoms. The number of methoxy groups -OCH3 is 2. The van der Waals surface area contributed by atoms with Gasteiger partial charge >= 0.3 is 0 Å². The Bertz CT molecular complexity index is 610. The van der Waals surface area contributed by atoms with Crippen molar-refractivity contribution < 1.29 is 9.47 Å². The lowest BCUT2D eigenvalue weighted by Gasteiger charge is -2.62. The molecule has 31 heavy (non-hydrogen) atoms. The Hall–Kier alpha value is -0.0800. The SMILES string of the molecule is COC1(OC)CC[C@@]2(C)[C@@H](CC[C@@H]3[C@@H]2CC[C@]2(C)[C@@H]([C@H](C)CCCC(C)C)CC[C@@H]32)C1. The second kappa shape index (κ2) is 8.94. The summed E-state index contributed by atoms with van der Waals surface area (Å²) >= 11 is 0. The summed E-state index contributed by atoms with van der Waals surface area (Å²) in [5.41, 5.74) is 1.12. The molecule has 0 aromatic rings. The monoisotopic (exact) mass is 432 g/mol. The first-order valence-corrected chi connectivity index (χ1v) is 13.8. The Kier molecular flexibility index (Phi) is 6.93. The molecule has 4 saturated carbocycles. The van der Waals surface area contributed by atoms with Crippen LogP contribution in [0.2, 0.25) is 0 Å². The van der Waals surface area contributed by atoms with Gasteiger partial charge in [-0.3, -0.25) is 0 Å². The minimum atomic E-state index is -0.315. The fourth-order valence-electron chi connectivity index (χ4n) is 9.68. The van der Waals surface area contributed by atoms with E-state index in [0.29, 0.717) is 10.8 Å². The van der Waals surface area contributed by atoms with E-state index in [1.807, 2.05) is 14.2 Å². The number of ether oxygens (including phenoxy) is 2. The average molecular weight is 433 g/mol. The van der Waals surface area contributed by atoms with Crippen LogP contribution in [-0.2, 0) is 9.47 Å². The third kappa shape index (κ3) is 4.05. The van der Waals surface area contributed by atoms with Crippen molar-refractivity contribution in [3.8, 4) is 0 Å². The van der Waals surface area contributed by atoms with Crippen LogP contribution in [0.15, 0.2) is 0 Å². The second-order valence-corrected chi connectivity index (χ2v) is 13.2. The molecule has 0 amide bonds. The zero-order chi connectivity index (χ0) is 22.4. The largest absolute Gasteiger partial charge is 0.353 e. The summed E-state index contributed by atoms with van der Waals surface area (Å²) in [6.07, 6.45) is 16.6. The predicted octanol–water partition coefficient (Wildman–Crippen LogP) is 8.10. The maximum absolute atomic E-state index is 5.91. The van der Waals surface area contributed by atoms with E-state index >= 15 is 0 Å². The predicted molar refractivity (Wildman–Crippen MR) is 130 cm³/mol. The number of fused-ring (bicyclic) bond motifs is 5. The van der Waals surface area contributed by atoms with Crippen LogP contribution in [0, 0.1) is 52.3 Å². The number of rotatable bonds is 7. The van der Waals surface area contributed by atoms with Gasteiger partial charge in [0.05, 0.1) is 0 Å². The Morgan fingerprint density at radius 3 is 2.16 bits per heavy atom. The summed E-state index contributed by atoms with van der Waals surface area (Å²) in [4.78, 5) is 0. The van der Waals surface area contributed by atoms with Crippen molar-refractivity contribution in [2.45, 2.75) is 117 Å². The van der Waals surface area contributed by atoms with Gasteiger partial charge in [-0.25, -0.2) is 0 Å². The van der Waals surface area contributed by atoms with Gasteiger partial charge in [0.25, 0.3) is 0 Å². The van der Waals surface area contributed by atoms with E-state index in [-0.39, 0.29) is 5.79 Å². The van der Waals surface area contributed by atoms with Crippen LogP contribution < -0.4 is 0 Å². The fourth-order valence-corrected chi connectivity index (χ4v) is 9.68. The molecule has 4 fully saturated rings. The van der Waals surface area contributed by atoms with Crippen molar-refractivity contribution in [2.75, 3.05) is 14.2 Å². The normalized spacial score (nSPS) is 45.1. The van der Waals surface area contributed by atoms with Gasteiger partial charge in [-0.05, 0) is 97.2 Å². The highest BCUT2D eigenvalue weighted by Crippen LogP contribution is 2.69. The lowest BCUT2D eigenvalue weighted by atomic mass is 9.44. The van der Waals surface area contributed by atoms with Crippen LogP contribution in [0.1, 0.15) is 112 Å². The summed E-state index contributed by atoms with van der Waals surface area (Å²) in [7, 11) is 3.70. The summed E-state index contributed by atoms with van der Waals surface area (Å²) < 4.78 is 11.8. The molecule has 0 aromatic heterocycles. The molecular weight excluding hydrogens is 380 g/mol. The van der Waals surface area contributed by atoms with E-state index in [1.165, 1.54) is 64.2 Å². The molecule has 4 aliphatic rings. The van der Waals surface area contributed by atoms with Crippen LogP contribution in [0.4, 0.5) is 0 Å². The first-order valence-electron chi connectivity index (χ1n) is 13.8. The molecular formula is C29H52O2. The van der Waals surface area contributed by atoms with Gasteiger partial charge in [0.15, 0.2) is 5.79 Å². The molecule has 2 nitrogen and oxygen atoms in total. The lowest BCUT2D eigenvalue weighted by Crippen LogP contribution is -2.56. The Labute approximate surface area is 193 Å². The van der Waals surface area contributed by atoms with Crippen molar-refractivity contribution in [2.24, 2.45) is 52.3 Å². The summed E-state index contributed by atoms with van der Waals surface area (Å²) in [5, 5.41) is 0. The van der Waals surface area contributed by atoms with Gasteiger partial charge < -0.3 is 9.47 Å². The molecule has 0 unspecified atom stereocenters. The number of hydrogen-bond acceptors (Lipinski definition) is 2. The molecule has 0 aromatic carbocycles. The Balaban J connectivity index is 1.46. The van der Waals surface area contributed by atoms with E-state index in [0.717, 1.165) is 54.3 Å². The maximum atomic E-state index is 5.91. The fraction of sp³-hybridized carbons (Fsp3) is 1.00. The third-order valence-corrected chi connectivity index (χ3v) is 11.6. The van der Waals surface area contributed by atoms with E-state index in [2.05, 4.69) is 34.6 Å². The topological polar surface area (TPSA) is 18.5 Å². The van der Waals surface area contributed by atoms with E-state index < -0.39 is 0 Å². The van der Waals surface area contributed by atoms with Crippen molar-refractivity contribution >= 4 is 0 Å². The van der Waals surface area contributed by atoms with Gasteiger partial charge in [0.1, 0.15) is 0 Å². The minimum Gasteiger partial charge on any atom is -0.353 e. The van der Waals surface area contributed by atoms with Gasteiger partial charge in [-0.2, -0.15) is 0 Å². The lowest BCUT2D eigenvalue weighted by molar-refractivity contribution is -0.261. The molecule has 0 spiro atoms. The molecule has 0 heterocycles. The quantitative estimate of drug-likeness (QED) is 0.378. The highest BCUT2D eigenvalue weighted by Gasteiger charge is 2.61. The molecule has 0 saturated heterocycles. The average Bonchev–Trinajstić information content (AvgIpc) is 3.10. The van der Waals surface area contributed by atoms with Crippen molar-refractivity contribution in [3.05, 3.63) is 0 Å². The zero-order valence-corrected chi connectivity index (χ0v) is 21.8. The first-order chi connectivity index (χ1) is 14.7. The second-order valence-electron chi connectivity index (χ2n) is 13.2. The van der Waals surface area contributed by atoms with E-state index in [4.69, 9.17) is 9.47 Å². The van der Waals surface area contributed by atoms with Crippen molar-refractivity contribution in [3.63, 3.8) is 0 Å². The van der Waals surface area contributed by atoms with Gasteiger partial charge in [0, 0.05) is 27.1 Å². The van der Waals surface area contributed by atoms with Crippen LogP contribution >= 0.6 is 0 Å².